The molecule has 0 saturated carbocycles. The molecule has 96 valence electrons. The zero-order chi connectivity index (χ0) is 12.5. The lowest BCUT2D eigenvalue weighted by molar-refractivity contribution is 0.281. The Morgan fingerprint density at radius 2 is 2.17 bits per heavy atom. The number of hydrogen-bond acceptors (Lipinski definition) is 3. The Labute approximate surface area is 109 Å². The quantitative estimate of drug-likeness (QED) is 0.759. The molecule has 18 heavy (non-hydrogen) atoms. The van der Waals surface area contributed by atoms with Crippen molar-refractivity contribution in [2.24, 2.45) is 0 Å². The fraction of sp³-hybridized carbons (Fsp3) is 0.533. The summed E-state index contributed by atoms with van der Waals surface area (Å²) < 4.78 is 0. The van der Waals surface area contributed by atoms with Gasteiger partial charge in [-0.25, -0.2) is 4.98 Å². The molecule has 1 aromatic heterocycles. The lowest BCUT2D eigenvalue weighted by Gasteiger charge is -2.26. The first-order valence-corrected chi connectivity index (χ1v) is 6.85. The molecule has 3 nitrogen and oxygen atoms in total. The number of nitrogens with zero attached hydrogens (tertiary/aromatic N) is 3. The van der Waals surface area contributed by atoms with Gasteiger partial charge in [-0.2, -0.15) is 0 Å². The Morgan fingerprint density at radius 3 is 2.94 bits per heavy atom. The van der Waals surface area contributed by atoms with E-state index in [0.29, 0.717) is 12.1 Å². The van der Waals surface area contributed by atoms with Crippen LogP contribution in [0.3, 0.4) is 0 Å². The van der Waals surface area contributed by atoms with Crippen molar-refractivity contribution in [1.82, 2.24) is 9.88 Å². The minimum atomic E-state index is 0.652. The highest BCUT2D eigenvalue weighted by Crippen LogP contribution is 2.34. The maximum absolute atomic E-state index is 4.67. The molecule has 2 atom stereocenters. The zero-order valence-electron chi connectivity index (χ0n) is 11.0. The van der Waals surface area contributed by atoms with Crippen LogP contribution < -0.4 is 4.90 Å². The predicted octanol–water partition coefficient (Wildman–Crippen LogP) is 2.23. The van der Waals surface area contributed by atoms with Crippen LogP contribution in [0.1, 0.15) is 18.5 Å². The van der Waals surface area contributed by atoms with Crippen molar-refractivity contribution in [2.75, 3.05) is 24.5 Å². The van der Waals surface area contributed by atoms with E-state index < -0.39 is 0 Å². The van der Waals surface area contributed by atoms with Crippen molar-refractivity contribution < 1.29 is 0 Å². The summed E-state index contributed by atoms with van der Waals surface area (Å²) in [7, 11) is 0. The summed E-state index contributed by atoms with van der Waals surface area (Å²) in [6.07, 6.45) is 4.54. The molecule has 0 radical (unpaired) electrons. The molecule has 0 aromatic carbocycles. The van der Waals surface area contributed by atoms with Crippen molar-refractivity contribution in [3.05, 3.63) is 36.5 Å². The average Bonchev–Trinajstić information content (AvgIpc) is 2.92. The first-order valence-electron chi connectivity index (χ1n) is 6.85. The van der Waals surface area contributed by atoms with Crippen LogP contribution in [-0.2, 0) is 0 Å². The van der Waals surface area contributed by atoms with Crippen LogP contribution in [0.5, 0.6) is 0 Å². The van der Waals surface area contributed by atoms with Gasteiger partial charge >= 0.3 is 0 Å². The van der Waals surface area contributed by atoms with Gasteiger partial charge in [0, 0.05) is 37.4 Å². The number of fused-ring (bicyclic) bond motifs is 1. The zero-order valence-corrected chi connectivity index (χ0v) is 11.0. The monoisotopic (exact) mass is 243 g/mol. The topological polar surface area (TPSA) is 19.4 Å². The van der Waals surface area contributed by atoms with Gasteiger partial charge in [-0.3, -0.25) is 4.90 Å². The van der Waals surface area contributed by atoms with Crippen LogP contribution in [0.15, 0.2) is 30.9 Å². The van der Waals surface area contributed by atoms with Crippen molar-refractivity contribution in [3.63, 3.8) is 0 Å². The van der Waals surface area contributed by atoms with E-state index in [4.69, 9.17) is 0 Å². The summed E-state index contributed by atoms with van der Waals surface area (Å²) in [4.78, 5) is 9.74. The van der Waals surface area contributed by atoms with Gasteiger partial charge < -0.3 is 4.90 Å². The molecule has 2 saturated heterocycles. The predicted molar refractivity (Wildman–Crippen MR) is 74.9 cm³/mol. The third-order valence-electron chi connectivity index (χ3n) is 4.22. The Balaban J connectivity index is 1.79. The number of rotatable bonds is 3. The summed E-state index contributed by atoms with van der Waals surface area (Å²) >= 11 is 0. The number of anilines is 1. The molecule has 2 aliphatic heterocycles. The van der Waals surface area contributed by atoms with Crippen LogP contribution in [0.25, 0.3) is 0 Å². The van der Waals surface area contributed by atoms with E-state index in [0.717, 1.165) is 24.6 Å². The largest absolute Gasteiger partial charge is 0.352 e. The summed E-state index contributed by atoms with van der Waals surface area (Å²) in [6, 6.07) is 7.67. The number of pyridine rings is 1. The molecule has 0 spiro atoms. The molecule has 0 bridgehead atoms. The van der Waals surface area contributed by atoms with Crippen LogP contribution in [0.2, 0.25) is 0 Å². The van der Waals surface area contributed by atoms with Gasteiger partial charge in [0.05, 0.1) is 0 Å². The lowest BCUT2D eigenvalue weighted by atomic mass is 10.1. The molecule has 0 aliphatic carbocycles. The molecule has 0 N–H and O–H groups in total. The molecular weight excluding hydrogens is 222 g/mol. The summed E-state index contributed by atoms with van der Waals surface area (Å²) in [5.41, 5.74) is 1.11. The summed E-state index contributed by atoms with van der Waals surface area (Å²) in [5.74, 6) is 1.16. The second-order valence-electron chi connectivity index (χ2n) is 5.33. The lowest BCUT2D eigenvalue weighted by Crippen LogP contribution is -2.36. The SMILES string of the molecule is C=CCN1CCC2C1CCN2c1cccc(C)n1. The van der Waals surface area contributed by atoms with E-state index in [2.05, 4.69) is 46.5 Å². The number of likely N-dealkylation sites (tertiary alicyclic amines) is 1. The highest BCUT2D eigenvalue weighted by Gasteiger charge is 2.42. The molecule has 0 amide bonds. The second kappa shape index (κ2) is 4.73. The minimum absolute atomic E-state index is 0.652. The van der Waals surface area contributed by atoms with Crippen LogP contribution >= 0.6 is 0 Å². The van der Waals surface area contributed by atoms with E-state index in [-0.39, 0.29) is 0 Å². The van der Waals surface area contributed by atoms with Gasteiger partial charge in [0.25, 0.3) is 0 Å². The molecule has 2 fully saturated rings. The molecule has 1 aromatic rings. The molecule has 3 heteroatoms. The van der Waals surface area contributed by atoms with E-state index >= 15 is 0 Å². The van der Waals surface area contributed by atoms with E-state index in [1.807, 2.05) is 6.08 Å². The van der Waals surface area contributed by atoms with Gasteiger partial charge in [-0.15, -0.1) is 6.58 Å². The standard InChI is InChI=1S/C15H21N3/c1-3-9-17-10-7-14-13(17)8-11-18(14)15-6-4-5-12(2)16-15/h3-6,13-14H,1,7-11H2,2H3. The van der Waals surface area contributed by atoms with E-state index in [1.54, 1.807) is 0 Å². The molecule has 3 heterocycles. The number of aryl methyl sites for hydroxylation is 1. The van der Waals surface area contributed by atoms with Crippen LogP contribution in [0.4, 0.5) is 5.82 Å². The number of aromatic nitrogens is 1. The van der Waals surface area contributed by atoms with E-state index in [9.17, 15) is 0 Å². The third kappa shape index (κ3) is 1.93. The Morgan fingerprint density at radius 1 is 1.33 bits per heavy atom. The van der Waals surface area contributed by atoms with Crippen molar-refractivity contribution in [2.45, 2.75) is 31.8 Å². The third-order valence-corrected chi connectivity index (χ3v) is 4.22. The Bertz CT molecular complexity index is 443. The molecular formula is C15H21N3. The van der Waals surface area contributed by atoms with Gasteiger partial charge in [0.15, 0.2) is 0 Å². The molecule has 2 unspecified atom stereocenters. The highest BCUT2D eigenvalue weighted by molar-refractivity contribution is 5.43. The van der Waals surface area contributed by atoms with Crippen LogP contribution in [-0.4, -0.2) is 41.6 Å². The van der Waals surface area contributed by atoms with Crippen molar-refractivity contribution >= 4 is 5.82 Å². The van der Waals surface area contributed by atoms with Gasteiger partial charge in [0.2, 0.25) is 0 Å². The maximum atomic E-state index is 4.67. The maximum Gasteiger partial charge on any atom is 0.129 e. The fourth-order valence-electron chi connectivity index (χ4n) is 3.44. The average molecular weight is 243 g/mol. The first-order chi connectivity index (χ1) is 8.79. The Hall–Kier alpha value is -1.35. The van der Waals surface area contributed by atoms with E-state index in [1.165, 1.54) is 19.4 Å². The van der Waals surface area contributed by atoms with Crippen molar-refractivity contribution in [1.29, 1.82) is 0 Å². The normalized spacial score (nSPS) is 27.5. The van der Waals surface area contributed by atoms with Crippen molar-refractivity contribution in [3.8, 4) is 0 Å². The fourth-order valence-corrected chi connectivity index (χ4v) is 3.44. The molecule has 2 aliphatic rings. The summed E-state index contributed by atoms with van der Waals surface area (Å²) in [6.45, 7) is 9.29. The molecule has 3 rings (SSSR count). The second-order valence-corrected chi connectivity index (χ2v) is 5.33. The smallest absolute Gasteiger partial charge is 0.129 e. The van der Waals surface area contributed by atoms with Crippen LogP contribution in [0, 0.1) is 6.92 Å². The van der Waals surface area contributed by atoms with Gasteiger partial charge in [-0.1, -0.05) is 12.1 Å². The highest BCUT2D eigenvalue weighted by atomic mass is 15.3. The first kappa shape index (κ1) is 11.7. The Kier molecular flexibility index (Phi) is 3.08. The number of hydrogen-bond donors (Lipinski definition) is 0. The van der Waals surface area contributed by atoms with Gasteiger partial charge in [-0.05, 0) is 31.9 Å². The van der Waals surface area contributed by atoms with Gasteiger partial charge in [0.1, 0.15) is 5.82 Å². The summed E-state index contributed by atoms with van der Waals surface area (Å²) in [5, 5.41) is 0. The minimum Gasteiger partial charge on any atom is -0.352 e.